The summed E-state index contributed by atoms with van der Waals surface area (Å²) in [6.07, 6.45) is 23.2. The molecule has 0 rings (SSSR count). The Labute approximate surface area is 424 Å². The molecule has 0 spiro atoms. The number of carbonyl (C=O) groups excluding carboxylic acids is 6. The van der Waals surface area contributed by atoms with Gasteiger partial charge in [0.25, 0.3) is 5.91 Å². The van der Waals surface area contributed by atoms with Gasteiger partial charge in [-0.15, -0.1) is 0 Å². The van der Waals surface area contributed by atoms with Gasteiger partial charge in [0.1, 0.15) is 22.8 Å². The van der Waals surface area contributed by atoms with Gasteiger partial charge in [-0.25, -0.2) is 19.2 Å². The molecule has 0 aliphatic carbocycles. The van der Waals surface area contributed by atoms with Crippen LogP contribution in [0.2, 0.25) is 0 Å². The minimum atomic E-state index is -2.86. The first-order chi connectivity index (χ1) is 32.9. The number of nitrogens with two attached hydrogens (primary N) is 2. The van der Waals surface area contributed by atoms with Crippen LogP contribution in [-0.2, 0) is 42.9 Å². The first-order valence-electron chi connectivity index (χ1n) is 27.1. The number of esters is 3. The molecule has 0 saturated heterocycles. The molecule has 16 nitrogen and oxygen atoms in total. The number of imide groups is 1. The van der Waals surface area contributed by atoms with Crippen molar-refractivity contribution < 1.29 is 52.5 Å². The molecule has 0 unspecified atom stereocenters. The van der Waals surface area contributed by atoms with Gasteiger partial charge in [-0.1, -0.05) is 155 Å². The second-order valence-corrected chi connectivity index (χ2v) is 21.8. The normalized spacial score (nSPS) is 13.1. The average Bonchev–Trinajstić information content (AvgIpc) is 3.24. The molecule has 0 bridgehead atoms. The summed E-state index contributed by atoms with van der Waals surface area (Å²) in [5, 5.41) is 2.59. The highest BCUT2D eigenvalue weighted by molar-refractivity contribution is 6.14. The quantitative estimate of drug-likeness (QED) is 0.0131. The van der Waals surface area contributed by atoms with Crippen molar-refractivity contribution in [1.29, 1.82) is 0 Å². The maximum Gasteiger partial charge on any atom is 0.421 e. The smallest absolute Gasteiger partial charge is 0.421 e. The molecule has 16 heteroatoms. The van der Waals surface area contributed by atoms with Crippen molar-refractivity contribution in [2.24, 2.45) is 16.5 Å². The van der Waals surface area contributed by atoms with E-state index in [0.717, 1.165) is 44.9 Å². The van der Waals surface area contributed by atoms with Crippen LogP contribution in [0.1, 0.15) is 256 Å². The number of nitrogens with zero attached hydrogens (tertiary/aromatic N) is 2. The third-order valence-corrected chi connectivity index (χ3v) is 11.4. The van der Waals surface area contributed by atoms with E-state index in [4.69, 9.17) is 35.2 Å². The summed E-state index contributed by atoms with van der Waals surface area (Å²) < 4.78 is 28.4. The maximum atomic E-state index is 15.2. The Morgan fingerprint density at radius 1 is 0.514 bits per heavy atom. The fourth-order valence-corrected chi connectivity index (χ4v) is 7.73. The molecule has 0 radical (unpaired) electrons. The summed E-state index contributed by atoms with van der Waals surface area (Å²) in [5.41, 5.74) is 4.65. The van der Waals surface area contributed by atoms with Gasteiger partial charge in [0.2, 0.25) is 5.54 Å². The number of carbonyl (C=O) groups is 6. The number of hydrogen-bond acceptors (Lipinski definition) is 12. The standard InChI is InChI=1S/C54H101N5O11/c1-12-14-16-18-20-22-24-26-28-30-32-34-41-66-44(60)38-37-43(45(61)67-42-35-33-31-29-27-25-23-21-19-17-15-13-2)58-46(62)54(39-36-40-57-48(55)56,47(63)68-51(3,4)5)59(49(64)69-52(6,7)8)50(65)70-53(9,10)11/h43H,12-42H2,1-11H3,(H,58,62)(H4,55,56,57)/t43-,54-/m0/s1. The van der Waals surface area contributed by atoms with Crippen LogP contribution in [0.4, 0.5) is 9.59 Å². The third kappa shape index (κ3) is 32.7. The second kappa shape index (κ2) is 36.8. The van der Waals surface area contributed by atoms with E-state index in [9.17, 15) is 24.0 Å². The number of nitrogens with one attached hydrogen (secondary N) is 1. The molecule has 0 aliphatic heterocycles. The van der Waals surface area contributed by atoms with Crippen molar-refractivity contribution in [1.82, 2.24) is 10.2 Å². The van der Waals surface area contributed by atoms with E-state index in [2.05, 4.69) is 24.2 Å². The molecule has 0 heterocycles. The summed E-state index contributed by atoms with van der Waals surface area (Å²) >= 11 is 0. The second-order valence-electron chi connectivity index (χ2n) is 21.8. The topological polar surface area (TPSA) is 228 Å². The lowest BCUT2D eigenvalue weighted by Gasteiger charge is -2.41. The zero-order valence-corrected chi connectivity index (χ0v) is 46.0. The predicted molar refractivity (Wildman–Crippen MR) is 278 cm³/mol. The fourth-order valence-electron chi connectivity index (χ4n) is 7.73. The van der Waals surface area contributed by atoms with Gasteiger partial charge < -0.3 is 40.5 Å². The molecule has 2 atom stereocenters. The minimum Gasteiger partial charge on any atom is -0.466 e. The number of aliphatic imine (C=N–C) groups is 1. The van der Waals surface area contributed by atoms with Crippen molar-refractivity contribution in [3.8, 4) is 0 Å². The summed E-state index contributed by atoms with van der Waals surface area (Å²) in [6, 6.07) is -1.53. The van der Waals surface area contributed by atoms with Crippen molar-refractivity contribution in [3.63, 3.8) is 0 Å². The van der Waals surface area contributed by atoms with Crippen LogP contribution in [0, 0.1) is 0 Å². The van der Waals surface area contributed by atoms with Crippen LogP contribution in [0.25, 0.3) is 0 Å². The van der Waals surface area contributed by atoms with E-state index in [1.165, 1.54) is 96.3 Å². The van der Waals surface area contributed by atoms with Crippen molar-refractivity contribution in [2.75, 3.05) is 19.8 Å². The van der Waals surface area contributed by atoms with E-state index >= 15 is 4.79 Å². The van der Waals surface area contributed by atoms with Crippen molar-refractivity contribution >= 4 is 42.0 Å². The van der Waals surface area contributed by atoms with Gasteiger partial charge >= 0.3 is 30.1 Å². The molecule has 0 aliphatic rings. The van der Waals surface area contributed by atoms with E-state index in [0.29, 0.717) is 17.7 Å². The SMILES string of the molecule is CCCCCCCCCCCCCCOC(=O)CC[C@H](NC(=O)[C@@](CCCN=C(N)N)(C(=O)OC(C)(C)C)N(C(=O)OC(C)(C)C)C(=O)OC(C)(C)C)C(=O)OCCCCCCCCCCCCCC. The van der Waals surface area contributed by atoms with E-state index < -0.39 is 70.8 Å². The van der Waals surface area contributed by atoms with Gasteiger partial charge in [0, 0.05) is 13.0 Å². The number of amides is 3. The molecular weight excluding hydrogens is 895 g/mol. The van der Waals surface area contributed by atoms with Gasteiger partial charge in [0.15, 0.2) is 5.96 Å². The Bertz CT molecular complexity index is 1490. The molecule has 0 aromatic heterocycles. The number of hydrogen-bond donors (Lipinski definition) is 3. The Kier molecular flexibility index (Phi) is 34.6. The van der Waals surface area contributed by atoms with Crippen LogP contribution in [0.3, 0.4) is 0 Å². The van der Waals surface area contributed by atoms with Crippen LogP contribution >= 0.6 is 0 Å². The highest BCUT2D eigenvalue weighted by Crippen LogP contribution is 2.32. The van der Waals surface area contributed by atoms with Crippen LogP contribution < -0.4 is 16.8 Å². The molecule has 0 aromatic carbocycles. The maximum absolute atomic E-state index is 15.2. The van der Waals surface area contributed by atoms with Crippen LogP contribution in [-0.4, -0.2) is 95.0 Å². The number of guanidine groups is 1. The van der Waals surface area contributed by atoms with Gasteiger partial charge in [0.05, 0.1) is 13.2 Å². The van der Waals surface area contributed by atoms with E-state index in [-0.39, 0.29) is 45.0 Å². The van der Waals surface area contributed by atoms with Crippen LogP contribution in [0.5, 0.6) is 0 Å². The van der Waals surface area contributed by atoms with Gasteiger partial charge in [-0.05, 0) is 94.4 Å². The summed E-state index contributed by atoms with van der Waals surface area (Å²) in [5.74, 6) is -4.32. The summed E-state index contributed by atoms with van der Waals surface area (Å²) in [7, 11) is 0. The van der Waals surface area contributed by atoms with E-state index in [1.54, 1.807) is 62.3 Å². The van der Waals surface area contributed by atoms with Crippen LogP contribution in [0.15, 0.2) is 4.99 Å². The third-order valence-electron chi connectivity index (χ3n) is 11.4. The average molecular weight is 996 g/mol. The highest BCUT2D eigenvalue weighted by atomic mass is 16.6. The van der Waals surface area contributed by atoms with Gasteiger partial charge in [-0.3, -0.25) is 14.6 Å². The van der Waals surface area contributed by atoms with Gasteiger partial charge in [-0.2, -0.15) is 4.90 Å². The molecule has 70 heavy (non-hydrogen) atoms. The van der Waals surface area contributed by atoms with Crippen molar-refractivity contribution in [3.05, 3.63) is 0 Å². The monoisotopic (exact) mass is 996 g/mol. The lowest BCUT2D eigenvalue weighted by Crippen LogP contribution is -2.70. The Morgan fingerprint density at radius 2 is 0.886 bits per heavy atom. The molecule has 0 aromatic rings. The molecule has 5 N–H and O–H groups in total. The summed E-state index contributed by atoms with van der Waals surface area (Å²) in [4.78, 5) is 90.0. The molecule has 0 saturated carbocycles. The Hall–Kier alpha value is -4.11. The van der Waals surface area contributed by atoms with Crippen molar-refractivity contribution in [2.45, 2.75) is 284 Å². The zero-order chi connectivity index (χ0) is 53.1. The zero-order valence-electron chi connectivity index (χ0n) is 46.0. The number of rotatable bonds is 38. The number of ether oxygens (including phenoxy) is 5. The molecule has 408 valence electrons. The largest absolute Gasteiger partial charge is 0.466 e. The first kappa shape index (κ1) is 65.9. The van der Waals surface area contributed by atoms with E-state index in [1.807, 2.05) is 0 Å². The Balaban J connectivity index is 6.55. The minimum absolute atomic E-state index is 0.0453. The predicted octanol–water partition coefficient (Wildman–Crippen LogP) is 12.0. The summed E-state index contributed by atoms with van der Waals surface area (Å²) in [6.45, 7) is 18.5. The Morgan fingerprint density at radius 3 is 1.26 bits per heavy atom. The molecule has 0 fully saturated rings. The molecule has 3 amide bonds. The first-order valence-corrected chi connectivity index (χ1v) is 27.1. The highest BCUT2D eigenvalue weighted by Gasteiger charge is 2.60. The fraction of sp³-hybridized carbons (Fsp3) is 0.870. The molecular formula is C54H101N5O11. The lowest BCUT2D eigenvalue weighted by molar-refractivity contribution is -0.174. The lowest BCUT2D eigenvalue weighted by atomic mass is 9.89. The number of unbranched alkanes of at least 4 members (excludes halogenated alkanes) is 22.